The van der Waals surface area contributed by atoms with Gasteiger partial charge in [-0.3, -0.25) is 0 Å². The van der Waals surface area contributed by atoms with E-state index in [-0.39, 0.29) is 0 Å². The molecule has 0 unspecified atom stereocenters. The first-order valence-corrected chi connectivity index (χ1v) is 5.88. The maximum Gasteiger partial charge on any atom is 0.257 e. The highest BCUT2D eigenvalue weighted by Crippen LogP contribution is 2.19. The van der Waals surface area contributed by atoms with Crippen molar-refractivity contribution in [1.29, 1.82) is 0 Å². The van der Waals surface area contributed by atoms with Crippen molar-refractivity contribution >= 4 is 15.9 Å². The number of halogens is 1. The summed E-state index contributed by atoms with van der Waals surface area (Å²) in [5.41, 5.74) is 0.929. The number of hydrogen-bond acceptors (Lipinski definition) is 4. The Hall–Kier alpha value is -1.20. The van der Waals surface area contributed by atoms with Gasteiger partial charge in [0.2, 0.25) is 0 Å². The standard InChI is InChI=1S/C11H12BrN3O/c1-2-13-7-10-14-11(16-15-10)8-3-5-9(12)6-4-8/h3-6,13H,2,7H2,1H3. The number of benzene rings is 1. The number of rotatable bonds is 4. The van der Waals surface area contributed by atoms with Crippen molar-refractivity contribution in [2.24, 2.45) is 0 Å². The van der Waals surface area contributed by atoms with Crippen LogP contribution in [0.25, 0.3) is 11.5 Å². The van der Waals surface area contributed by atoms with E-state index in [1.54, 1.807) is 0 Å². The minimum atomic E-state index is 0.556. The lowest BCUT2D eigenvalue weighted by atomic mass is 10.2. The van der Waals surface area contributed by atoms with Gasteiger partial charge in [0.1, 0.15) is 0 Å². The van der Waals surface area contributed by atoms with Crippen LogP contribution < -0.4 is 5.32 Å². The third kappa shape index (κ3) is 2.68. The highest BCUT2D eigenvalue weighted by atomic mass is 79.9. The molecule has 0 saturated heterocycles. The van der Waals surface area contributed by atoms with E-state index in [9.17, 15) is 0 Å². The first kappa shape index (κ1) is 11.3. The third-order valence-electron chi connectivity index (χ3n) is 2.09. The van der Waals surface area contributed by atoms with Crippen LogP contribution in [0.3, 0.4) is 0 Å². The fourth-order valence-electron chi connectivity index (χ4n) is 1.27. The second-order valence-electron chi connectivity index (χ2n) is 3.30. The lowest BCUT2D eigenvalue weighted by Crippen LogP contribution is -2.12. The molecule has 1 N–H and O–H groups in total. The van der Waals surface area contributed by atoms with Gasteiger partial charge in [0.05, 0.1) is 6.54 Å². The Morgan fingerprint density at radius 3 is 2.75 bits per heavy atom. The summed E-state index contributed by atoms with van der Waals surface area (Å²) in [5, 5.41) is 7.04. The normalized spacial score (nSPS) is 10.6. The van der Waals surface area contributed by atoms with Gasteiger partial charge in [0.15, 0.2) is 5.82 Å². The molecule has 16 heavy (non-hydrogen) atoms. The Kier molecular flexibility index (Phi) is 3.69. The lowest BCUT2D eigenvalue weighted by Gasteiger charge is -1.94. The largest absolute Gasteiger partial charge is 0.334 e. The zero-order valence-electron chi connectivity index (χ0n) is 8.90. The zero-order valence-corrected chi connectivity index (χ0v) is 10.5. The van der Waals surface area contributed by atoms with Gasteiger partial charge in [-0.1, -0.05) is 28.0 Å². The lowest BCUT2D eigenvalue weighted by molar-refractivity contribution is 0.420. The third-order valence-corrected chi connectivity index (χ3v) is 2.62. The highest BCUT2D eigenvalue weighted by molar-refractivity contribution is 9.10. The Balaban J connectivity index is 2.15. The molecular formula is C11H12BrN3O. The van der Waals surface area contributed by atoms with Crippen LogP contribution >= 0.6 is 15.9 Å². The summed E-state index contributed by atoms with van der Waals surface area (Å²) in [4.78, 5) is 4.29. The van der Waals surface area contributed by atoms with Crippen molar-refractivity contribution in [3.63, 3.8) is 0 Å². The first-order chi connectivity index (χ1) is 7.79. The molecular weight excluding hydrogens is 270 g/mol. The van der Waals surface area contributed by atoms with Crippen LogP contribution in [-0.2, 0) is 6.54 Å². The van der Waals surface area contributed by atoms with Crippen molar-refractivity contribution in [1.82, 2.24) is 15.5 Å². The molecule has 0 fully saturated rings. The highest BCUT2D eigenvalue weighted by Gasteiger charge is 2.07. The van der Waals surface area contributed by atoms with Gasteiger partial charge in [-0.2, -0.15) is 4.98 Å². The summed E-state index contributed by atoms with van der Waals surface area (Å²) in [6.45, 7) is 3.56. The summed E-state index contributed by atoms with van der Waals surface area (Å²) in [7, 11) is 0. The average molecular weight is 282 g/mol. The molecule has 1 aromatic carbocycles. The molecule has 1 aromatic heterocycles. The van der Waals surface area contributed by atoms with E-state index in [0.29, 0.717) is 18.3 Å². The van der Waals surface area contributed by atoms with E-state index in [1.165, 1.54) is 0 Å². The molecule has 0 aliphatic heterocycles. The van der Waals surface area contributed by atoms with Crippen LogP contribution in [0.2, 0.25) is 0 Å². The molecule has 5 heteroatoms. The molecule has 0 spiro atoms. The topological polar surface area (TPSA) is 51.0 Å². The van der Waals surface area contributed by atoms with E-state index >= 15 is 0 Å². The molecule has 0 aliphatic carbocycles. The molecule has 4 nitrogen and oxygen atoms in total. The summed E-state index contributed by atoms with van der Waals surface area (Å²) >= 11 is 3.38. The second-order valence-corrected chi connectivity index (χ2v) is 4.22. The van der Waals surface area contributed by atoms with Gasteiger partial charge in [-0.15, -0.1) is 0 Å². The Morgan fingerprint density at radius 2 is 2.06 bits per heavy atom. The number of nitrogens with zero attached hydrogens (tertiary/aromatic N) is 2. The van der Waals surface area contributed by atoms with E-state index in [0.717, 1.165) is 16.6 Å². The van der Waals surface area contributed by atoms with Crippen LogP contribution in [0.1, 0.15) is 12.7 Å². The summed E-state index contributed by atoms with van der Waals surface area (Å²) in [6.07, 6.45) is 0. The molecule has 0 saturated carbocycles. The molecule has 84 valence electrons. The molecule has 0 radical (unpaired) electrons. The van der Waals surface area contributed by atoms with Gasteiger partial charge in [0, 0.05) is 10.0 Å². The van der Waals surface area contributed by atoms with Crippen molar-refractivity contribution in [2.75, 3.05) is 6.54 Å². The minimum Gasteiger partial charge on any atom is -0.334 e. The summed E-state index contributed by atoms with van der Waals surface area (Å²) < 4.78 is 6.20. The predicted octanol–water partition coefficient (Wildman–Crippen LogP) is 2.61. The Morgan fingerprint density at radius 1 is 1.31 bits per heavy atom. The number of aromatic nitrogens is 2. The molecule has 2 rings (SSSR count). The van der Waals surface area contributed by atoms with E-state index < -0.39 is 0 Å². The monoisotopic (exact) mass is 281 g/mol. The van der Waals surface area contributed by atoms with Crippen LogP contribution in [-0.4, -0.2) is 16.7 Å². The van der Waals surface area contributed by atoms with Crippen LogP contribution in [0.5, 0.6) is 0 Å². The van der Waals surface area contributed by atoms with E-state index in [2.05, 4.69) is 31.4 Å². The zero-order chi connectivity index (χ0) is 11.4. The molecule has 0 aliphatic rings. The van der Waals surface area contributed by atoms with Gasteiger partial charge in [-0.25, -0.2) is 0 Å². The fraction of sp³-hybridized carbons (Fsp3) is 0.273. The van der Waals surface area contributed by atoms with Crippen molar-refractivity contribution < 1.29 is 4.52 Å². The van der Waals surface area contributed by atoms with Gasteiger partial charge in [-0.05, 0) is 30.8 Å². The smallest absolute Gasteiger partial charge is 0.257 e. The van der Waals surface area contributed by atoms with Gasteiger partial charge < -0.3 is 9.84 Å². The predicted molar refractivity (Wildman–Crippen MR) is 64.8 cm³/mol. The molecule has 0 atom stereocenters. The van der Waals surface area contributed by atoms with Crippen molar-refractivity contribution in [3.8, 4) is 11.5 Å². The summed E-state index contributed by atoms with van der Waals surface area (Å²) in [6, 6.07) is 7.77. The Bertz CT molecular complexity index is 453. The van der Waals surface area contributed by atoms with Crippen molar-refractivity contribution in [3.05, 3.63) is 34.6 Å². The average Bonchev–Trinajstić information content (AvgIpc) is 2.76. The fourth-order valence-corrected chi connectivity index (χ4v) is 1.54. The number of nitrogens with one attached hydrogen (secondary N) is 1. The van der Waals surface area contributed by atoms with Crippen LogP contribution in [0.4, 0.5) is 0 Å². The van der Waals surface area contributed by atoms with Crippen LogP contribution in [0, 0.1) is 0 Å². The minimum absolute atomic E-state index is 0.556. The second kappa shape index (κ2) is 5.23. The summed E-state index contributed by atoms with van der Waals surface area (Å²) in [5.74, 6) is 1.24. The molecule has 1 heterocycles. The van der Waals surface area contributed by atoms with E-state index in [4.69, 9.17) is 4.52 Å². The van der Waals surface area contributed by atoms with Crippen molar-refractivity contribution in [2.45, 2.75) is 13.5 Å². The maximum absolute atomic E-state index is 5.17. The molecule has 0 amide bonds. The SMILES string of the molecule is CCNCc1noc(-c2ccc(Br)cc2)n1. The van der Waals surface area contributed by atoms with Crippen LogP contribution in [0.15, 0.2) is 33.3 Å². The molecule has 0 bridgehead atoms. The maximum atomic E-state index is 5.17. The van der Waals surface area contributed by atoms with Gasteiger partial charge in [0.25, 0.3) is 5.89 Å². The Labute approximate surface area is 102 Å². The van der Waals surface area contributed by atoms with Gasteiger partial charge >= 0.3 is 0 Å². The number of hydrogen-bond donors (Lipinski definition) is 1. The quantitative estimate of drug-likeness (QED) is 0.936. The first-order valence-electron chi connectivity index (χ1n) is 5.09. The molecule has 2 aromatic rings. The van der Waals surface area contributed by atoms with E-state index in [1.807, 2.05) is 31.2 Å².